The summed E-state index contributed by atoms with van der Waals surface area (Å²) in [6.07, 6.45) is 1.91. The molecular weight excluding hydrogens is 372 g/mol. The molecule has 0 radical (unpaired) electrons. The van der Waals surface area contributed by atoms with Gasteiger partial charge in [-0.25, -0.2) is 0 Å². The molecule has 0 aromatic carbocycles. The standard InChI is InChI=1S/C14H24N2O7S2/c1-7-11(17)15-13(3,4)9-24(19,20)23-25(21,22)10-14(5,6)16-12(18)8-2/h7-8H,1-2,9-10H2,3-6H3,(H,15,17)(H,16,18). The fourth-order valence-corrected chi connectivity index (χ4v) is 5.49. The van der Waals surface area contributed by atoms with Crippen molar-refractivity contribution in [2.75, 3.05) is 11.5 Å². The molecule has 0 aliphatic heterocycles. The van der Waals surface area contributed by atoms with Gasteiger partial charge in [0.25, 0.3) is 20.2 Å². The Hall–Kier alpha value is -1.72. The van der Waals surface area contributed by atoms with Gasteiger partial charge in [0.05, 0.1) is 22.6 Å². The maximum absolute atomic E-state index is 12.0. The summed E-state index contributed by atoms with van der Waals surface area (Å²) in [7, 11) is -9.05. The number of rotatable bonds is 10. The van der Waals surface area contributed by atoms with E-state index < -0.39 is 54.6 Å². The van der Waals surface area contributed by atoms with E-state index in [1.807, 2.05) is 0 Å². The number of nitrogens with one attached hydrogen (secondary N) is 2. The lowest BCUT2D eigenvalue weighted by molar-refractivity contribution is -0.118. The molecule has 25 heavy (non-hydrogen) atoms. The number of amides is 2. The highest BCUT2D eigenvalue weighted by atomic mass is 32.3. The van der Waals surface area contributed by atoms with Crippen molar-refractivity contribution in [1.82, 2.24) is 10.6 Å². The Morgan fingerprint density at radius 1 is 0.840 bits per heavy atom. The van der Waals surface area contributed by atoms with Crippen LogP contribution in [-0.4, -0.2) is 51.2 Å². The van der Waals surface area contributed by atoms with Crippen LogP contribution >= 0.6 is 0 Å². The van der Waals surface area contributed by atoms with Gasteiger partial charge < -0.3 is 10.6 Å². The summed E-state index contributed by atoms with van der Waals surface area (Å²) in [5.41, 5.74) is -2.57. The van der Waals surface area contributed by atoms with Crippen LogP contribution in [0.3, 0.4) is 0 Å². The molecule has 0 fully saturated rings. The van der Waals surface area contributed by atoms with Crippen molar-refractivity contribution in [2.24, 2.45) is 0 Å². The van der Waals surface area contributed by atoms with Gasteiger partial charge in [-0.3, -0.25) is 9.59 Å². The molecule has 0 heterocycles. The summed E-state index contributed by atoms with van der Waals surface area (Å²) in [5, 5.41) is 4.70. The molecule has 0 atom stereocenters. The molecule has 0 aromatic rings. The Labute approximate surface area is 148 Å². The Balaban J connectivity index is 5.14. The number of hydrogen-bond acceptors (Lipinski definition) is 7. The van der Waals surface area contributed by atoms with Crippen LogP contribution in [0.4, 0.5) is 0 Å². The zero-order valence-electron chi connectivity index (χ0n) is 14.7. The third kappa shape index (κ3) is 9.99. The van der Waals surface area contributed by atoms with Crippen LogP contribution in [0.1, 0.15) is 27.7 Å². The topological polar surface area (TPSA) is 136 Å². The summed E-state index contributed by atoms with van der Waals surface area (Å²) in [6, 6.07) is 0. The van der Waals surface area contributed by atoms with Gasteiger partial charge in [-0.2, -0.15) is 16.8 Å². The fraction of sp³-hybridized carbons (Fsp3) is 0.571. The van der Waals surface area contributed by atoms with E-state index in [1.54, 1.807) is 0 Å². The lowest BCUT2D eigenvalue weighted by atomic mass is 10.1. The molecule has 0 aliphatic carbocycles. The highest BCUT2D eigenvalue weighted by Gasteiger charge is 2.35. The fourth-order valence-electron chi connectivity index (χ4n) is 1.93. The summed E-state index contributed by atoms with van der Waals surface area (Å²) in [6.45, 7) is 12.0. The molecule has 144 valence electrons. The van der Waals surface area contributed by atoms with Gasteiger partial charge in [-0.1, -0.05) is 13.2 Å². The van der Waals surface area contributed by atoms with E-state index in [1.165, 1.54) is 27.7 Å². The molecule has 2 N–H and O–H groups in total. The second-order valence-electron chi connectivity index (χ2n) is 6.63. The Morgan fingerprint density at radius 2 is 1.12 bits per heavy atom. The van der Waals surface area contributed by atoms with Crippen LogP contribution < -0.4 is 10.6 Å². The molecule has 0 unspecified atom stereocenters. The molecule has 0 spiro atoms. The Kier molecular flexibility index (Phi) is 7.55. The van der Waals surface area contributed by atoms with E-state index in [9.17, 15) is 26.4 Å². The van der Waals surface area contributed by atoms with Crippen LogP contribution in [0.25, 0.3) is 0 Å². The lowest BCUT2D eigenvalue weighted by Gasteiger charge is -2.26. The first-order valence-electron chi connectivity index (χ1n) is 7.09. The van der Waals surface area contributed by atoms with Gasteiger partial charge in [-0.05, 0) is 39.8 Å². The van der Waals surface area contributed by atoms with E-state index in [0.29, 0.717) is 0 Å². The van der Waals surface area contributed by atoms with Crippen molar-refractivity contribution in [3.05, 3.63) is 25.3 Å². The molecule has 0 saturated carbocycles. The predicted octanol–water partition coefficient (Wildman–Crippen LogP) is -0.176. The van der Waals surface area contributed by atoms with Crippen LogP contribution in [0.5, 0.6) is 0 Å². The molecule has 0 aliphatic rings. The summed E-state index contributed by atoms with van der Waals surface area (Å²) < 4.78 is 52.4. The lowest BCUT2D eigenvalue weighted by Crippen LogP contribution is -2.50. The predicted molar refractivity (Wildman–Crippen MR) is 93.5 cm³/mol. The SMILES string of the molecule is C=CC(=O)NC(C)(C)CS(=O)(=O)OS(=O)(=O)CC(C)(C)NC(=O)C=C. The maximum atomic E-state index is 12.0. The molecular formula is C14H24N2O7S2. The van der Waals surface area contributed by atoms with Gasteiger partial charge in [-0.15, -0.1) is 3.63 Å². The second-order valence-corrected chi connectivity index (χ2v) is 9.98. The molecule has 0 saturated heterocycles. The minimum atomic E-state index is -4.53. The molecule has 0 rings (SSSR count). The summed E-state index contributed by atoms with van der Waals surface area (Å²) in [4.78, 5) is 22.6. The van der Waals surface area contributed by atoms with Crippen LogP contribution in [0, 0.1) is 0 Å². The third-order valence-electron chi connectivity index (χ3n) is 2.58. The highest BCUT2D eigenvalue weighted by molar-refractivity contribution is 7.99. The zero-order valence-corrected chi connectivity index (χ0v) is 16.3. The molecule has 2 amide bonds. The first kappa shape index (κ1) is 23.3. The van der Waals surface area contributed by atoms with Gasteiger partial charge in [0, 0.05) is 0 Å². The van der Waals surface area contributed by atoms with E-state index in [2.05, 4.69) is 27.4 Å². The van der Waals surface area contributed by atoms with Crippen molar-refractivity contribution >= 4 is 32.1 Å². The molecule has 0 bridgehead atoms. The minimum absolute atomic E-state index is 0.615. The number of carbonyl (C=O) groups excluding carboxylic acids is 2. The molecule has 11 heteroatoms. The van der Waals surface area contributed by atoms with E-state index in [-0.39, 0.29) is 0 Å². The van der Waals surface area contributed by atoms with Crippen molar-refractivity contribution in [3.63, 3.8) is 0 Å². The number of carbonyl (C=O) groups is 2. The summed E-state index contributed by atoms with van der Waals surface area (Å²) in [5.74, 6) is -2.79. The maximum Gasteiger partial charge on any atom is 0.284 e. The molecule has 9 nitrogen and oxygen atoms in total. The van der Waals surface area contributed by atoms with Gasteiger partial charge >= 0.3 is 0 Å². The van der Waals surface area contributed by atoms with E-state index >= 15 is 0 Å². The van der Waals surface area contributed by atoms with Gasteiger partial charge in [0.15, 0.2) is 0 Å². The second kappa shape index (κ2) is 8.11. The van der Waals surface area contributed by atoms with Crippen LogP contribution in [0.2, 0.25) is 0 Å². The zero-order chi connectivity index (χ0) is 20.1. The van der Waals surface area contributed by atoms with Crippen molar-refractivity contribution < 1.29 is 30.1 Å². The monoisotopic (exact) mass is 396 g/mol. The first-order valence-corrected chi connectivity index (χ1v) is 10.2. The van der Waals surface area contributed by atoms with E-state index in [0.717, 1.165) is 12.2 Å². The Morgan fingerprint density at radius 3 is 1.36 bits per heavy atom. The molecule has 0 aromatic heterocycles. The van der Waals surface area contributed by atoms with Gasteiger partial charge in [0.2, 0.25) is 11.8 Å². The summed E-state index contributed by atoms with van der Waals surface area (Å²) >= 11 is 0. The highest BCUT2D eigenvalue weighted by Crippen LogP contribution is 2.15. The van der Waals surface area contributed by atoms with Crippen molar-refractivity contribution in [1.29, 1.82) is 0 Å². The van der Waals surface area contributed by atoms with E-state index in [4.69, 9.17) is 0 Å². The quantitative estimate of drug-likeness (QED) is 0.489. The van der Waals surface area contributed by atoms with Crippen LogP contribution in [-0.2, 0) is 33.5 Å². The first-order chi connectivity index (χ1) is 11.0. The largest absolute Gasteiger partial charge is 0.347 e. The average Bonchev–Trinajstić information content (AvgIpc) is 2.32. The average molecular weight is 396 g/mol. The smallest absolute Gasteiger partial charge is 0.284 e. The normalized spacial score (nSPS) is 13.0. The van der Waals surface area contributed by atoms with Crippen molar-refractivity contribution in [2.45, 2.75) is 38.8 Å². The third-order valence-corrected chi connectivity index (χ3v) is 6.39. The van der Waals surface area contributed by atoms with Gasteiger partial charge in [0.1, 0.15) is 0 Å². The Bertz CT molecular complexity index is 686. The van der Waals surface area contributed by atoms with Crippen molar-refractivity contribution in [3.8, 4) is 0 Å². The minimum Gasteiger partial charge on any atom is -0.347 e. The van der Waals surface area contributed by atoms with Crippen LogP contribution in [0.15, 0.2) is 25.3 Å². The number of hydrogen-bond donors (Lipinski definition) is 2.